The van der Waals surface area contributed by atoms with Gasteiger partial charge in [0.05, 0.1) is 6.33 Å². The number of rotatable bonds is 3. The lowest BCUT2D eigenvalue weighted by molar-refractivity contribution is 0.819. The molecule has 0 aliphatic heterocycles. The number of hydrogen-bond acceptors (Lipinski definition) is 3. The van der Waals surface area contributed by atoms with Crippen LogP contribution >= 0.6 is 12.2 Å². The molecule has 3 aromatic heterocycles. The molecule has 0 bridgehead atoms. The second-order valence-corrected chi connectivity index (χ2v) is 6.79. The number of benzene rings is 2. The van der Waals surface area contributed by atoms with Crippen molar-refractivity contribution < 1.29 is 0 Å². The number of imidazole rings is 1. The second kappa shape index (κ2) is 6.45. The van der Waals surface area contributed by atoms with Gasteiger partial charge in [-0.25, -0.2) is 9.97 Å². The van der Waals surface area contributed by atoms with E-state index in [1.165, 1.54) is 5.56 Å². The molecular weight excluding hydrogens is 352 g/mol. The molecule has 4 nitrogen and oxygen atoms in total. The molecule has 5 heteroatoms. The van der Waals surface area contributed by atoms with E-state index in [2.05, 4.69) is 32.7 Å². The fourth-order valence-corrected chi connectivity index (χ4v) is 3.89. The quantitative estimate of drug-likeness (QED) is 0.413. The zero-order valence-corrected chi connectivity index (χ0v) is 15.3. The molecule has 0 aliphatic carbocycles. The maximum Gasteiger partial charge on any atom is 0.147 e. The third kappa shape index (κ3) is 2.64. The van der Waals surface area contributed by atoms with Crippen molar-refractivity contribution in [2.24, 2.45) is 0 Å². The first-order valence-electron chi connectivity index (χ1n) is 8.77. The summed E-state index contributed by atoms with van der Waals surface area (Å²) in [6.07, 6.45) is 3.67. The van der Waals surface area contributed by atoms with E-state index >= 15 is 0 Å². The molecule has 0 fully saturated rings. The van der Waals surface area contributed by atoms with Crippen LogP contribution in [-0.2, 0) is 6.54 Å². The van der Waals surface area contributed by atoms with Crippen LogP contribution in [0.1, 0.15) is 5.56 Å². The Morgan fingerprint density at radius 1 is 0.815 bits per heavy atom. The van der Waals surface area contributed by atoms with Gasteiger partial charge < -0.3 is 4.57 Å². The van der Waals surface area contributed by atoms with Gasteiger partial charge in [-0.1, -0.05) is 60.7 Å². The van der Waals surface area contributed by atoms with Crippen molar-refractivity contribution in [1.29, 1.82) is 0 Å². The van der Waals surface area contributed by atoms with Crippen LogP contribution in [0.2, 0.25) is 0 Å². The lowest BCUT2D eigenvalue weighted by Gasteiger charge is -2.13. The maximum atomic E-state index is 5.92. The molecule has 5 aromatic rings. The summed E-state index contributed by atoms with van der Waals surface area (Å²) in [5.74, 6) is 0. The Kier molecular flexibility index (Phi) is 3.80. The minimum Gasteiger partial charge on any atom is -0.324 e. The molecule has 0 spiro atoms. The van der Waals surface area contributed by atoms with Gasteiger partial charge in [0, 0.05) is 23.8 Å². The Hall–Kier alpha value is -3.31. The van der Waals surface area contributed by atoms with Crippen LogP contribution in [0, 0.1) is 4.64 Å². The highest BCUT2D eigenvalue weighted by Crippen LogP contribution is 2.27. The van der Waals surface area contributed by atoms with Gasteiger partial charge in [-0.2, -0.15) is 0 Å². The van der Waals surface area contributed by atoms with Crippen LogP contribution in [0.4, 0.5) is 0 Å². The van der Waals surface area contributed by atoms with Gasteiger partial charge in [-0.3, -0.25) is 4.57 Å². The summed E-state index contributed by atoms with van der Waals surface area (Å²) in [5.41, 5.74) is 4.89. The van der Waals surface area contributed by atoms with E-state index in [1.807, 2.05) is 65.5 Å². The van der Waals surface area contributed by atoms with Gasteiger partial charge in [0.2, 0.25) is 0 Å². The van der Waals surface area contributed by atoms with Crippen molar-refractivity contribution in [3.8, 4) is 5.69 Å². The van der Waals surface area contributed by atoms with Crippen molar-refractivity contribution in [2.75, 3.05) is 0 Å². The van der Waals surface area contributed by atoms with E-state index in [0.717, 1.165) is 38.9 Å². The van der Waals surface area contributed by atoms with E-state index in [9.17, 15) is 0 Å². The average molecular weight is 368 g/mol. The SMILES string of the molecule is S=c1c2c(ncn2Cc2ccccc2)c2cccnc2n1-c1ccccc1. The zero-order chi connectivity index (χ0) is 18.2. The van der Waals surface area contributed by atoms with Gasteiger partial charge in [-0.05, 0) is 29.8 Å². The molecule has 0 unspecified atom stereocenters. The summed E-state index contributed by atoms with van der Waals surface area (Å²) in [5, 5.41) is 0.997. The molecular formula is C22H16N4S. The van der Waals surface area contributed by atoms with Crippen LogP contribution in [0.25, 0.3) is 27.8 Å². The summed E-state index contributed by atoms with van der Waals surface area (Å²) < 4.78 is 4.88. The van der Waals surface area contributed by atoms with Crippen molar-refractivity contribution in [3.63, 3.8) is 0 Å². The third-order valence-electron chi connectivity index (χ3n) is 4.71. The standard InChI is InChI=1S/C22H16N4S/c27-22-20-19(24-15-25(20)14-16-8-3-1-4-9-16)18-12-7-13-23-21(18)26(22)17-10-5-2-6-11-17/h1-13,15H,14H2. The number of hydrogen-bond donors (Lipinski definition) is 0. The van der Waals surface area contributed by atoms with Gasteiger partial charge in [0.1, 0.15) is 21.3 Å². The summed E-state index contributed by atoms with van der Waals surface area (Å²) in [4.78, 5) is 9.29. The Balaban J connectivity index is 1.85. The predicted octanol–water partition coefficient (Wildman–Crippen LogP) is 5.15. The fourth-order valence-electron chi connectivity index (χ4n) is 3.48. The summed E-state index contributed by atoms with van der Waals surface area (Å²) in [6.45, 7) is 0.724. The molecule has 130 valence electrons. The Bertz CT molecular complexity index is 1300. The van der Waals surface area contributed by atoms with Crippen LogP contribution in [0.5, 0.6) is 0 Å². The fraction of sp³-hybridized carbons (Fsp3) is 0.0455. The molecule has 0 aliphatic rings. The van der Waals surface area contributed by atoms with E-state index < -0.39 is 0 Å². The van der Waals surface area contributed by atoms with Crippen LogP contribution in [0.3, 0.4) is 0 Å². The van der Waals surface area contributed by atoms with Crippen LogP contribution < -0.4 is 0 Å². The molecule has 0 saturated carbocycles. The highest BCUT2D eigenvalue weighted by Gasteiger charge is 2.15. The Morgan fingerprint density at radius 2 is 1.56 bits per heavy atom. The van der Waals surface area contributed by atoms with E-state index in [4.69, 9.17) is 12.2 Å². The zero-order valence-electron chi connectivity index (χ0n) is 14.5. The molecule has 0 amide bonds. The van der Waals surface area contributed by atoms with Gasteiger partial charge in [-0.15, -0.1) is 0 Å². The molecule has 5 rings (SSSR count). The second-order valence-electron chi connectivity index (χ2n) is 6.41. The molecule has 2 aromatic carbocycles. The van der Waals surface area contributed by atoms with E-state index in [-0.39, 0.29) is 0 Å². The van der Waals surface area contributed by atoms with Crippen LogP contribution in [-0.4, -0.2) is 19.1 Å². The number of pyridine rings is 2. The van der Waals surface area contributed by atoms with Crippen LogP contribution in [0.15, 0.2) is 85.3 Å². The molecule has 27 heavy (non-hydrogen) atoms. The Labute approximate surface area is 161 Å². The summed E-state index contributed by atoms with van der Waals surface area (Å²) in [7, 11) is 0. The number of fused-ring (bicyclic) bond motifs is 3. The largest absolute Gasteiger partial charge is 0.324 e. The number of aromatic nitrogens is 4. The smallest absolute Gasteiger partial charge is 0.147 e. The highest BCUT2D eigenvalue weighted by atomic mass is 32.1. The summed E-state index contributed by atoms with van der Waals surface area (Å²) >= 11 is 5.92. The Morgan fingerprint density at radius 3 is 2.33 bits per heavy atom. The molecule has 0 atom stereocenters. The van der Waals surface area contributed by atoms with Gasteiger partial charge in [0.15, 0.2) is 0 Å². The highest BCUT2D eigenvalue weighted by molar-refractivity contribution is 7.71. The first-order chi connectivity index (χ1) is 13.3. The molecule has 0 N–H and O–H groups in total. The van der Waals surface area contributed by atoms with Gasteiger partial charge in [0.25, 0.3) is 0 Å². The van der Waals surface area contributed by atoms with Gasteiger partial charge >= 0.3 is 0 Å². The first-order valence-corrected chi connectivity index (χ1v) is 9.18. The van der Waals surface area contributed by atoms with Crippen molar-refractivity contribution in [2.45, 2.75) is 6.54 Å². The molecule has 0 radical (unpaired) electrons. The lowest BCUT2D eigenvalue weighted by atomic mass is 10.2. The molecule has 0 saturated heterocycles. The van der Waals surface area contributed by atoms with Crippen molar-refractivity contribution in [3.05, 3.63) is 95.5 Å². The topological polar surface area (TPSA) is 35.6 Å². The number of para-hydroxylation sites is 1. The normalized spacial score (nSPS) is 11.3. The van der Waals surface area contributed by atoms with Crippen molar-refractivity contribution >= 4 is 34.3 Å². The van der Waals surface area contributed by atoms with E-state index in [0.29, 0.717) is 0 Å². The average Bonchev–Trinajstić information content (AvgIpc) is 3.14. The maximum absolute atomic E-state index is 5.92. The third-order valence-corrected chi connectivity index (χ3v) is 5.08. The minimum absolute atomic E-state index is 0.718. The number of nitrogens with zero attached hydrogens (tertiary/aromatic N) is 4. The molecule has 3 heterocycles. The lowest BCUT2D eigenvalue weighted by Crippen LogP contribution is -2.05. The van der Waals surface area contributed by atoms with Crippen molar-refractivity contribution in [1.82, 2.24) is 19.1 Å². The minimum atomic E-state index is 0.718. The summed E-state index contributed by atoms with van der Waals surface area (Å²) in [6, 6.07) is 24.5. The monoisotopic (exact) mass is 368 g/mol. The van der Waals surface area contributed by atoms with E-state index in [1.54, 1.807) is 6.20 Å². The predicted molar refractivity (Wildman–Crippen MR) is 111 cm³/mol. The first kappa shape index (κ1) is 15.9.